The van der Waals surface area contributed by atoms with Gasteiger partial charge in [-0.25, -0.2) is 0 Å². The van der Waals surface area contributed by atoms with E-state index in [1.54, 1.807) is 4.90 Å². The molecule has 2 rings (SSSR count). The van der Waals surface area contributed by atoms with Crippen LogP contribution in [0.4, 0.5) is 0 Å². The van der Waals surface area contributed by atoms with Crippen molar-refractivity contribution in [1.29, 1.82) is 0 Å². The molecule has 0 aliphatic carbocycles. The van der Waals surface area contributed by atoms with Gasteiger partial charge in [-0.3, -0.25) is 0 Å². The first-order chi connectivity index (χ1) is 9.33. The second-order valence-electron chi connectivity index (χ2n) is 6.29. The number of hydrogen-bond donors (Lipinski definition) is 1. The van der Waals surface area contributed by atoms with E-state index >= 15 is 0 Å². The highest BCUT2D eigenvalue weighted by atomic mass is 16.7. The lowest BCUT2D eigenvalue weighted by molar-refractivity contribution is -0.907. The molecule has 0 aromatic carbocycles. The molecule has 0 bridgehead atoms. The van der Waals surface area contributed by atoms with E-state index in [1.165, 1.54) is 58.0 Å². The highest BCUT2D eigenvalue weighted by Crippen LogP contribution is 2.25. The van der Waals surface area contributed by atoms with Crippen LogP contribution in [0.25, 0.3) is 0 Å². The molecule has 0 amide bonds. The van der Waals surface area contributed by atoms with Crippen LogP contribution < -0.4 is 4.90 Å². The third-order valence-electron chi connectivity index (χ3n) is 4.69. The summed E-state index contributed by atoms with van der Waals surface area (Å²) in [6, 6.07) is 0. The Balaban J connectivity index is 1.71. The van der Waals surface area contributed by atoms with Crippen molar-refractivity contribution in [2.75, 3.05) is 26.2 Å². The maximum absolute atomic E-state index is 6.17. The maximum Gasteiger partial charge on any atom is 0.161 e. The minimum atomic E-state index is 0.0748. The van der Waals surface area contributed by atoms with Gasteiger partial charge in [-0.15, -0.1) is 0 Å². The Hall–Kier alpha value is -0.120. The molecule has 0 unspecified atom stereocenters. The van der Waals surface area contributed by atoms with Gasteiger partial charge >= 0.3 is 0 Å². The Morgan fingerprint density at radius 1 is 1.16 bits per heavy atom. The predicted octanol–water partition coefficient (Wildman–Crippen LogP) is 2.01. The highest BCUT2D eigenvalue weighted by molar-refractivity contribution is 4.71. The van der Waals surface area contributed by atoms with Crippen molar-refractivity contribution in [2.24, 2.45) is 5.92 Å². The standard InChI is InChI=1S/C16H31NO2/c1-3-5-9-14(4-2)16-18-13-15(19-16)12-17-10-7-6-8-11-17/h14-16H,3-13H2,1-2H3/p+1/t14-,15-,16+/m0/s1. The predicted molar refractivity (Wildman–Crippen MR) is 77.3 cm³/mol. The number of piperidine rings is 1. The molecule has 0 saturated carbocycles. The van der Waals surface area contributed by atoms with Crippen LogP contribution in [0.1, 0.15) is 58.8 Å². The van der Waals surface area contributed by atoms with Gasteiger partial charge in [0.15, 0.2) is 6.29 Å². The molecular formula is C16H32NO2+. The molecule has 112 valence electrons. The lowest BCUT2D eigenvalue weighted by Crippen LogP contribution is -3.13. The Morgan fingerprint density at radius 2 is 1.95 bits per heavy atom. The molecule has 2 fully saturated rings. The van der Waals surface area contributed by atoms with Crippen LogP contribution in [0.5, 0.6) is 0 Å². The SMILES string of the molecule is CCCC[C@H](CC)[C@@H]1OC[C@H](C[NH+]2CCCCC2)O1. The quantitative estimate of drug-likeness (QED) is 0.765. The van der Waals surface area contributed by atoms with Crippen LogP contribution in [-0.2, 0) is 9.47 Å². The third-order valence-corrected chi connectivity index (χ3v) is 4.69. The van der Waals surface area contributed by atoms with E-state index < -0.39 is 0 Å². The number of quaternary nitrogens is 1. The van der Waals surface area contributed by atoms with E-state index in [-0.39, 0.29) is 6.29 Å². The Morgan fingerprint density at radius 3 is 2.63 bits per heavy atom. The Kier molecular flexibility index (Phi) is 6.62. The van der Waals surface area contributed by atoms with E-state index in [1.807, 2.05) is 0 Å². The second-order valence-corrected chi connectivity index (χ2v) is 6.29. The summed E-state index contributed by atoms with van der Waals surface area (Å²) in [6.07, 6.45) is 9.60. The van der Waals surface area contributed by atoms with Gasteiger partial charge in [0.2, 0.25) is 0 Å². The first kappa shape index (κ1) is 15.3. The van der Waals surface area contributed by atoms with Gasteiger partial charge in [0.1, 0.15) is 12.6 Å². The topological polar surface area (TPSA) is 22.9 Å². The van der Waals surface area contributed by atoms with Gasteiger partial charge in [0.05, 0.1) is 19.7 Å². The minimum Gasteiger partial charge on any atom is -0.349 e. The van der Waals surface area contributed by atoms with Crippen molar-refractivity contribution in [2.45, 2.75) is 71.2 Å². The molecular weight excluding hydrogens is 238 g/mol. The lowest BCUT2D eigenvalue weighted by atomic mass is 9.99. The fraction of sp³-hybridized carbons (Fsp3) is 1.00. The molecule has 0 spiro atoms. The summed E-state index contributed by atoms with van der Waals surface area (Å²) in [7, 11) is 0. The van der Waals surface area contributed by atoms with Gasteiger partial charge in [-0.1, -0.05) is 26.7 Å². The minimum absolute atomic E-state index is 0.0748. The number of hydrogen-bond acceptors (Lipinski definition) is 2. The Labute approximate surface area is 118 Å². The van der Waals surface area contributed by atoms with Gasteiger partial charge < -0.3 is 14.4 Å². The Bertz CT molecular complexity index is 241. The molecule has 0 radical (unpaired) electrons. The zero-order valence-electron chi connectivity index (χ0n) is 12.8. The summed E-state index contributed by atoms with van der Waals surface area (Å²) < 4.78 is 12.1. The first-order valence-corrected chi connectivity index (χ1v) is 8.44. The average molecular weight is 270 g/mol. The van der Waals surface area contributed by atoms with Crippen molar-refractivity contribution in [3.8, 4) is 0 Å². The molecule has 2 aliphatic rings. The van der Waals surface area contributed by atoms with E-state index in [0.717, 1.165) is 13.2 Å². The average Bonchev–Trinajstić information content (AvgIpc) is 2.89. The van der Waals surface area contributed by atoms with Crippen molar-refractivity contribution < 1.29 is 14.4 Å². The summed E-state index contributed by atoms with van der Waals surface area (Å²) in [5.74, 6) is 0.598. The molecule has 0 aromatic heterocycles. The van der Waals surface area contributed by atoms with E-state index in [2.05, 4.69) is 13.8 Å². The van der Waals surface area contributed by atoms with Gasteiger partial charge in [-0.05, 0) is 32.1 Å². The van der Waals surface area contributed by atoms with Crippen LogP contribution in [-0.4, -0.2) is 38.6 Å². The van der Waals surface area contributed by atoms with E-state index in [4.69, 9.17) is 9.47 Å². The molecule has 3 atom stereocenters. The zero-order chi connectivity index (χ0) is 13.5. The van der Waals surface area contributed by atoms with E-state index in [9.17, 15) is 0 Å². The van der Waals surface area contributed by atoms with Crippen molar-refractivity contribution in [1.82, 2.24) is 0 Å². The highest BCUT2D eigenvalue weighted by Gasteiger charge is 2.33. The maximum atomic E-state index is 6.17. The lowest BCUT2D eigenvalue weighted by Gasteiger charge is -2.26. The third kappa shape index (κ3) is 4.73. The largest absolute Gasteiger partial charge is 0.349 e. The molecule has 0 aromatic rings. The smallest absolute Gasteiger partial charge is 0.161 e. The van der Waals surface area contributed by atoms with Crippen LogP contribution >= 0.6 is 0 Å². The van der Waals surface area contributed by atoms with Gasteiger partial charge in [-0.2, -0.15) is 0 Å². The zero-order valence-corrected chi connectivity index (χ0v) is 12.8. The van der Waals surface area contributed by atoms with Crippen LogP contribution in [0.15, 0.2) is 0 Å². The monoisotopic (exact) mass is 270 g/mol. The van der Waals surface area contributed by atoms with E-state index in [0.29, 0.717) is 12.0 Å². The summed E-state index contributed by atoms with van der Waals surface area (Å²) >= 11 is 0. The van der Waals surface area contributed by atoms with Crippen molar-refractivity contribution in [3.63, 3.8) is 0 Å². The molecule has 2 saturated heterocycles. The molecule has 2 aliphatic heterocycles. The number of nitrogens with one attached hydrogen (secondary N) is 1. The number of unbranched alkanes of at least 4 members (excludes halogenated alkanes) is 1. The fourth-order valence-electron chi connectivity index (χ4n) is 3.40. The molecule has 3 nitrogen and oxygen atoms in total. The van der Waals surface area contributed by atoms with Crippen LogP contribution in [0.2, 0.25) is 0 Å². The number of rotatable bonds is 7. The van der Waals surface area contributed by atoms with Gasteiger partial charge in [0, 0.05) is 5.92 Å². The fourth-order valence-corrected chi connectivity index (χ4v) is 3.40. The van der Waals surface area contributed by atoms with Crippen molar-refractivity contribution in [3.05, 3.63) is 0 Å². The summed E-state index contributed by atoms with van der Waals surface area (Å²) in [5, 5.41) is 0. The molecule has 2 heterocycles. The number of likely N-dealkylation sites (tertiary alicyclic amines) is 1. The van der Waals surface area contributed by atoms with Crippen molar-refractivity contribution >= 4 is 0 Å². The molecule has 3 heteroatoms. The normalized spacial score (nSPS) is 30.6. The first-order valence-electron chi connectivity index (χ1n) is 8.44. The summed E-state index contributed by atoms with van der Waals surface area (Å²) in [5.41, 5.74) is 0. The number of ether oxygens (including phenoxy) is 2. The van der Waals surface area contributed by atoms with Gasteiger partial charge in [0.25, 0.3) is 0 Å². The van der Waals surface area contributed by atoms with Crippen LogP contribution in [0, 0.1) is 5.92 Å². The molecule has 1 N–H and O–H groups in total. The summed E-state index contributed by atoms with van der Waals surface area (Å²) in [4.78, 5) is 1.72. The molecule has 19 heavy (non-hydrogen) atoms. The summed E-state index contributed by atoms with van der Waals surface area (Å²) in [6.45, 7) is 9.15. The van der Waals surface area contributed by atoms with Crippen LogP contribution in [0.3, 0.4) is 0 Å². The second kappa shape index (κ2) is 8.23.